The maximum atomic E-state index is 5.86. The summed E-state index contributed by atoms with van der Waals surface area (Å²) < 4.78 is 1.95. The fourth-order valence-corrected chi connectivity index (χ4v) is 2.94. The van der Waals surface area contributed by atoms with Gasteiger partial charge in [0.15, 0.2) is 0 Å². The molecule has 6 nitrogen and oxygen atoms in total. The van der Waals surface area contributed by atoms with E-state index in [1.165, 1.54) is 0 Å². The number of likely N-dealkylation sites (N-methyl/N-ethyl adjacent to an activating group) is 1. The highest BCUT2D eigenvalue weighted by molar-refractivity contribution is 5.12. The van der Waals surface area contributed by atoms with Crippen LogP contribution in [0.5, 0.6) is 0 Å². The van der Waals surface area contributed by atoms with Crippen LogP contribution in [-0.4, -0.2) is 39.5 Å². The van der Waals surface area contributed by atoms with E-state index in [1.807, 2.05) is 10.9 Å². The third-order valence-electron chi connectivity index (χ3n) is 4.20. The topological polar surface area (TPSA) is 72.0 Å². The molecule has 1 aromatic heterocycles. The van der Waals surface area contributed by atoms with Crippen molar-refractivity contribution in [2.24, 2.45) is 5.84 Å². The summed E-state index contributed by atoms with van der Waals surface area (Å²) in [5, 5.41) is 8.22. The van der Waals surface area contributed by atoms with Crippen molar-refractivity contribution in [1.29, 1.82) is 0 Å². The third-order valence-corrected chi connectivity index (χ3v) is 4.20. The second-order valence-electron chi connectivity index (χ2n) is 5.19. The van der Waals surface area contributed by atoms with Gasteiger partial charge in [-0.05, 0) is 33.4 Å². The Morgan fingerprint density at radius 2 is 2.00 bits per heavy atom. The Labute approximate surface area is 116 Å². The van der Waals surface area contributed by atoms with Gasteiger partial charge in [-0.15, -0.1) is 5.10 Å². The van der Waals surface area contributed by atoms with E-state index in [0.29, 0.717) is 0 Å². The molecule has 0 aromatic carbocycles. The van der Waals surface area contributed by atoms with Gasteiger partial charge in [-0.1, -0.05) is 26.0 Å². The van der Waals surface area contributed by atoms with Gasteiger partial charge in [-0.3, -0.25) is 5.84 Å². The fraction of sp³-hybridized carbons (Fsp3) is 0.846. The zero-order valence-corrected chi connectivity index (χ0v) is 12.8. The molecule has 0 aliphatic carbocycles. The molecule has 6 heteroatoms. The molecule has 1 aromatic rings. The van der Waals surface area contributed by atoms with Crippen LogP contribution >= 0.6 is 0 Å². The van der Waals surface area contributed by atoms with Crippen LogP contribution < -0.4 is 11.3 Å². The van der Waals surface area contributed by atoms with E-state index in [9.17, 15) is 0 Å². The molecule has 0 radical (unpaired) electrons. The average molecular weight is 268 g/mol. The molecule has 1 atom stereocenters. The Morgan fingerprint density at radius 3 is 2.42 bits per heavy atom. The first-order valence-electron chi connectivity index (χ1n) is 7.09. The van der Waals surface area contributed by atoms with Crippen molar-refractivity contribution in [3.05, 3.63) is 11.9 Å². The van der Waals surface area contributed by atoms with Gasteiger partial charge in [0.25, 0.3) is 0 Å². The Balaban J connectivity index is 3.20. The van der Waals surface area contributed by atoms with Gasteiger partial charge in [0.05, 0.1) is 17.9 Å². The van der Waals surface area contributed by atoms with Crippen LogP contribution in [0.2, 0.25) is 0 Å². The number of hydrazine groups is 1. The van der Waals surface area contributed by atoms with E-state index in [2.05, 4.69) is 55.5 Å². The Hall–Kier alpha value is -0.980. The number of hydrogen-bond donors (Lipinski definition) is 2. The van der Waals surface area contributed by atoms with E-state index in [0.717, 1.165) is 31.5 Å². The predicted molar refractivity (Wildman–Crippen MR) is 77.4 cm³/mol. The molecule has 3 N–H and O–H groups in total. The van der Waals surface area contributed by atoms with Gasteiger partial charge in [0.1, 0.15) is 0 Å². The van der Waals surface area contributed by atoms with Crippen LogP contribution in [0.3, 0.4) is 0 Å². The van der Waals surface area contributed by atoms with Gasteiger partial charge in [0, 0.05) is 12.1 Å². The van der Waals surface area contributed by atoms with E-state index >= 15 is 0 Å². The van der Waals surface area contributed by atoms with Crippen molar-refractivity contribution in [2.45, 2.75) is 58.2 Å². The van der Waals surface area contributed by atoms with Crippen molar-refractivity contribution in [2.75, 3.05) is 14.1 Å². The number of aryl methyl sites for hydroxylation is 1. The average Bonchev–Trinajstić information content (AvgIpc) is 2.84. The summed E-state index contributed by atoms with van der Waals surface area (Å²) in [5.41, 5.74) is 4.00. The van der Waals surface area contributed by atoms with Crippen molar-refractivity contribution in [3.63, 3.8) is 0 Å². The maximum Gasteiger partial charge on any atom is 0.0828 e. The summed E-state index contributed by atoms with van der Waals surface area (Å²) in [6.45, 7) is 7.39. The largest absolute Gasteiger partial charge is 0.302 e. The van der Waals surface area contributed by atoms with E-state index in [1.54, 1.807) is 0 Å². The summed E-state index contributed by atoms with van der Waals surface area (Å²) in [6.07, 6.45) is 4.86. The van der Waals surface area contributed by atoms with Gasteiger partial charge in [-0.2, -0.15) is 0 Å². The molecule has 0 saturated heterocycles. The number of nitrogens with zero attached hydrogens (tertiary/aromatic N) is 4. The van der Waals surface area contributed by atoms with Crippen LogP contribution in [0, 0.1) is 0 Å². The number of aromatic nitrogens is 3. The second-order valence-corrected chi connectivity index (χ2v) is 5.19. The Morgan fingerprint density at radius 1 is 1.37 bits per heavy atom. The van der Waals surface area contributed by atoms with Gasteiger partial charge in [0.2, 0.25) is 0 Å². The monoisotopic (exact) mass is 268 g/mol. The standard InChI is InChI=1S/C13H28N6/c1-6-9-19-11(10-15-17-19)12(16-14)13(7-2,8-3)18(4)5/h10,12,16H,6-9,14H2,1-5H3. The summed E-state index contributed by atoms with van der Waals surface area (Å²) in [7, 11) is 4.20. The Kier molecular flexibility index (Phi) is 5.90. The lowest BCUT2D eigenvalue weighted by atomic mass is 9.82. The van der Waals surface area contributed by atoms with E-state index in [-0.39, 0.29) is 11.6 Å². The zero-order valence-electron chi connectivity index (χ0n) is 12.8. The van der Waals surface area contributed by atoms with Crippen LogP contribution in [0.4, 0.5) is 0 Å². The molecular weight excluding hydrogens is 240 g/mol. The highest BCUT2D eigenvalue weighted by Crippen LogP contribution is 2.35. The van der Waals surface area contributed by atoms with E-state index < -0.39 is 0 Å². The molecule has 1 unspecified atom stereocenters. The number of nitrogens with one attached hydrogen (secondary N) is 1. The van der Waals surface area contributed by atoms with Crippen molar-refractivity contribution >= 4 is 0 Å². The lowest BCUT2D eigenvalue weighted by Crippen LogP contribution is -2.55. The highest BCUT2D eigenvalue weighted by Gasteiger charge is 2.40. The number of hydrogen-bond acceptors (Lipinski definition) is 5. The minimum absolute atomic E-state index is 0.0130. The molecule has 1 rings (SSSR count). The third kappa shape index (κ3) is 2.96. The summed E-state index contributed by atoms with van der Waals surface area (Å²) in [6, 6.07) is 0.0130. The molecule has 0 aliphatic rings. The zero-order chi connectivity index (χ0) is 14.5. The Bertz CT molecular complexity index is 369. The quantitative estimate of drug-likeness (QED) is 0.549. The molecule has 19 heavy (non-hydrogen) atoms. The van der Waals surface area contributed by atoms with E-state index in [4.69, 9.17) is 5.84 Å². The highest BCUT2D eigenvalue weighted by atomic mass is 15.4. The summed E-state index contributed by atoms with van der Waals surface area (Å²) in [5.74, 6) is 5.86. The molecule has 0 saturated carbocycles. The number of rotatable bonds is 8. The molecule has 0 bridgehead atoms. The predicted octanol–water partition coefficient (Wildman–Crippen LogP) is 1.31. The lowest BCUT2D eigenvalue weighted by Gasteiger charge is -2.44. The van der Waals surface area contributed by atoms with Crippen LogP contribution in [0.1, 0.15) is 51.8 Å². The number of nitrogens with two attached hydrogens (primary N) is 1. The van der Waals surface area contributed by atoms with Crippen LogP contribution in [0.15, 0.2) is 6.20 Å². The van der Waals surface area contributed by atoms with Gasteiger partial charge >= 0.3 is 0 Å². The maximum absolute atomic E-state index is 5.86. The molecule has 110 valence electrons. The van der Waals surface area contributed by atoms with Gasteiger partial charge in [-0.25, -0.2) is 10.1 Å². The normalized spacial score (nSPS) is 14.1. The van der Waals surface area contributed by atoms with Crippen LogP contribution in [-0.2, 0) is 6.54 Å². The summed E-state index contributed by atoms with van der Waals surface area (Å²) >= 11 is 0. The minimum atomic E-state index is -0.0397. The molecule has 0 aliphatic heterocycles. The van der Waals surface area contributed by atoms with Gasteiger partial charge < -0.3 is 4.90 Å². The first-order valence-corrected chi connectivity index (χ1v) is 7.09. The smallest absolute Gasteiger partial charge is 0.0828 e. The van der Waals surface area contributed by atoms with Crippen LogP contribution in [0.25, 0.3) is 0 Å². The first kappa shape index (κ1) is 16.1. The minimum Gasteiger partial charge on any atom is -0.302 e. The fourth-order valence-electron chi connectivity index (χ4n) is 2.94. The SMILES string of the molecule is CCCn1nncc1C(NN)C(CC)(CC)N(C)C. The molecule has 1 heterocycles. The lowest BCUT2D eigenvalue weighted by molar-refractivity contribution is 0.0839. The molecular formula is C13H28N6. The first-order chi connectivity index (χ1) is 9.07. The second kappa shape index (κ2) is 6.98. The van der Waals surface area contributed by atoms with Crippen molar-refractivity contribution in [3.8, 4) is 0 Å². The van der Waals surface area contributed by atoms with Crippen molar-refractivity contribution in [1.82, 2.24) is 25.3 Å². The molecule has 0 fully saturated rings. The molecule has 0 spiro atoms. The summed E-state index contributed by atoms with van der Waals surface area (Å²) in [4.78, 5) is 2.25. The van der Waals surface area contributed by atoms with Crippen molar-refractivity contribution < 1.29 is 0 Å². The molecule has 0 amide bonds.